The quantitative estimate of drug-likeness (QED) is 0.770. The zero-order valence-electron chi connectivity index (χ0n) is 8.25. The van der Waals surface area contributed by atoms with Gasteiger partial charge in [0.25, 0.3) is 0 Å². The van der Waals surface area contributed by atoms with Crippen molar-refractivity contribution in [2.75, 3.05) is 0 Å². The number of nitrogens with one attached hydrogen (secondary N) is 1. The lowest BCUT2D eigenvalue weighted by atomic mass is 9.96. The molecular weight excluding hydrogens is 174 g/mol. The Morgan fingerprint density at radius 1 is 1.14 bits per heavy atom. The molecule has 0 saturated heterocycles. The number of ether oxygens (including phenoxy) is 1. The lowest BCUT2D eigenvalue weighted by Gasteiger charge is -2.26. The second-order valence-corrected chi connectivity index (χ2v) is 4.20. The van der Waals surface area contributed by atoms with Gasteiger partial charge in [0.2, 0.25) is 0 Å². The Morgan fingerprint density at radius 2 is 2.00 bits per heavy atom. The second-order valence-electron chi connectivity index (χ2n) is 4.20. The standard InChI is InChI=1S/C12H15NO/c1-2-11(3-1)14-12-5-4-9-7-13-8-10(9)6-12/h4-6,11,13H,1-3,7-8H2. The Bertz CT molecular complexity index is 344. The number of hydrogen-bond donors (Lipinski definition) is 1. The van der Waals surface area contributed by atoms with E-state index in [1.165, 1.54) is 30.4 Å². The Balaban J connectivity index is 1.78. The number of rotatable bonds is 2. The summed E-state index contributed by atoms with van der Waals surface area (Å²) in [6.45, 7) is 2.01. The summed E-state index contributed by atoms with van der Waals surface area (Å²) in [5.74, 6) is 1.05. The van der Waals surface area contributed by atoms with Gasteiger partial charge in [-0.1, -0.05) is 6.07 Å². The summed E-state index contributed by atoms with van der Waals surface area (Å²) in [4.78, 5) is 0. The van der Waals surface area contributed by atoms with E-state index < -0.39 is 0 Å². The van der Waals surface area contributed by atoms with Crippen LogP contribution in [-0.4, -0.2) is 6.10 Å². The van der Waals surface area contributed by atoms with Crippen LogP contribution in [0.3, 0.4) is 0 Å². The van der Waals surface area contributed by atoms with Gasteiger partial charge in [-0.15, -0.1) is 0 Å². The molecule has 14 heavy (non-hydrogen) atoms. The van der Waals surface area contributed by atoms with Crippen LogP contribution in [0.4, 0.5) is 0 Å². The number of hydrogen-bond acceptors (Lipinski definition) is 2. The van der Waals surface area contributed by atoms with Crippen LogP contribution in [0.5, 0.6) is 5.75 Å². The highest BCUT2D eigenvalue weighted by atomic mass is 16.5. The molecule has 0 bridgehead atoms. The van der Waals surface area contributed by atoms with Crippen molar-refractivity contribution in [2.24, 2.45) is 0 Å². The van der Waals surface area contributed by atoms with Crippen molar-refractivity contribution in [3.63, 3.8) is 0 Å². The molecule has 74 valence electrons. The van der Waals surface area contributed by atoms with Crippen LogP contribution in [0.25, 0.3) is 0 Å². The number of fused-ring (bicyclic) bond motifs is 1. The zero-order valence-corrected chi connectivity index (χ0v) is 8.25. The van der Waals surface area contributed by atoms with Crippen molar-refractivity contribution >= 4 is 0 Å². The summed E-state index contributed by atoms with van der Waals surface area (Å²) in [6.07, 6.45) is 4.28. The highest BCUT2D eigenvalue weighted by Crippen LogP contribution is 2.27. The molecule has 0 radical (unpaired) electrons. The minimum Gasteiger partial charge on any atom is -0.490 e. The van der Waals surface area contributed by atoms with E-state index in [2.05, 4.69) is 23.5 Å². The maximum absolute atomic E-state index is 5.85. The third-order valence-electron chi connectivity index (χ3n) is 3.16. The average Bonchev–Trinajstić information content (AvgIpc) is 2.58. The minimum absolute atomic E-state index is 0.488. The third kappa shape index (κ3) is 1.40. The van der Waals surface area contributed by atoms with Gasteiger partial charge in [-0.2, -0.15) is 0 Å². The second kappa shape index (κ2) is 3.28. The molecule has 2 nitrogen and oxygen atoms in total. The van der Waals surface area contributed by atoms with E-state index >= 15 is 0 Å². The predicted octanol–water partition coefficient (Wildman–Crippen LogP) is 2.22. The molecule has 0 atom stereocenters. The van der Waals surface area contributed by atoms with Crippen LogP contribution in [0, 0.1) is 0 Å². The van der Waals surface area contributed by atoms with Crippen LogP contribution in [0.1, 0.15) is 30.4 Å². The van der Waals surface area contributed by atoms with E-state index in [1.54, 1.807) is 0 Å². The van der Waals surface area contributed by atoms with Gasteiger partial charge >= 0.3 is 0 Å². The molecule has 1 aromatic rings. The third-order valence-corrected chi connectivity index (χ3v) is 3.16. The van der Waals surface area contributed by atoms with Crippen molar-refractivity contribution in [3.05, 3.63) is 29.3 Å². The first-order chi connectivity index (χ1) is 6.92. The van der Waals surface area contributed by atoms with Crippen LogP contribution in [0.15, 0.2) is 18.2 Å². The largest absolute Gasteiger partial charge is 0.490 e. The van der Waals surface area contributed by atoms with E-state index in [1.807, 2.05) is 0 Å². The maximum atomic E-state index is 5.85. The van der Waals surface area contributed by atoms with Gasteiger partial charge in [-0.05, 0) is 42.5 Å². The van der Waals surface area contributed by atoms with Crippen LogP contribution in [0.2, 0.25) is 0 Å². The molecule has 1 N–H and O–H groups in total. The van der Waals surface area contributed by atoms with Gasteiger partial charge in [0.05, 0.1) is 6.10 Å². The van der Waals surface area contributed by atoms with Gasteiger partial charge in [-0.25, -0.2) is 0 Å². The van der Waals surface area contributed by atoms with Crippen molar-refractivity contribution in [2.45, 2.75) is 38.5 Å². The van der Waals surface area contributed by atoms with Crippen LogP contribution >= 0.6 is 0 Å². The molecule has 3 rings (SSSR count). The van der Waals surface area contributed by atoms with Gasteiger partial charge in [0, 0.05) is 13.1 Å². The van der Waals surface area contributed by atoms with Crippen molar-refractivity contribution in [3.8, 4) is 5.75 Å². The lowest BCUT2D eigenvalue weighted by molar-refractivity contribution is 0.120. The summed E-state index contributed by atoms with van der Waals surface area (Å²) < 4.78 is 5.85. The minimum atomic E-state index is 0.488. The molecule has 0 spiro atoms. The summed E-state index contributed by atoms with van der Waals surface area (Å²) >= 11 is 0. The SMILES string of the molecule is c1cc2c(cc1OC1CCC1)CNC2. The van der Waals surface area contributed by atoms with E-state index in [-0.39, 0.29) is 0 Å². The monoisotopic (exact) mass is 189 g/mol. The Labute approximate surface area is 84.3 Å². The van der Waals surface area contributed by atoms with Crippen molar-refractivity contribution in [1.82, 2.24) is 5.32 Å². The molecule has 0 amide bonds. The molecule has 1 fully saturated rings. The van der Waals surface area contributed by atoms with E-state index in [0.717, 1.165) is 18.8 Å². The first kappa shape index (κ1) is 8.30. The lowest BCUT2D eigenvalue weighted by Crippen LogP contribution is -2.24. The molecule has 1 aromatic carbocycles. The summed E-state index contributed by atoms with van der Waals surface area (Å²) in [7, 11) is 0. The molecule has 2 heteroatoms. The molecule has 0 unspecified atom stereocenters. The Kier molecular flexibility index (Phi) is 1.95. The molecule has 1 heterocycles. The zero-order chi connectivity index (χ0) is 9.38. The smallest absolute Gasteiger partial charge is 0.120 e. The van der Waals surface area contributed by atoms with Gasteiger partial charge in [-0.3, -0.25) is 0 Å². The van der Waals surface area contributed by atoms with Crippen molar-refractivity contribution < 1.29 is 4.74 Å². The molecule has 1 aliphatic heterocycles. The average molecular weight is 189 g/mol. The van der Waals surface area contributed by atoms with E-state index in [4.69, 9.17) is 4.74 Å². The molecule has 1 saturated carbocycles. The molecule has 2 aliphatic rings. The number of benzene rings is 1. The Morgan fingerprint density at radius 3 is 2.79 bits per heavy atom. The predicted molar refractivity (Wildman–Crippen MR) is 55.3 cm³/mol. The highest BCUT2D eigenvalue weighted by Gasteiger charge is 2.19. The Hall–Kier alpha value is -1.02. The first-order valence-corrected chi connectivity index (χ1v) is 5.41. The summed E-state index contributed by atoms with van der Waals surface area (Å²) in [5, 5.41) is 3.34. The maximum Gasteiger partial charge on any atom is 0.120 e. The molecule has 0 aromatic heterocycles. The van der Waals surface area contributed by atoms with Gasteiger partial charge in [0.15, 0.2) is 0 Å². The van der Waals surface area contributed by atoms with E-state index in [9.17, 15) is 0 Å². The van der Waals surface area contributed by atoms with Gasteiger partial charge < -0.3 is 10.1 Å². The van der Waals surface area contributed by atoms with E-state index in [0.29, 0.717) is 6.10 Å². The van der Waals surface area contributed by atoms with Crippen molar-refractivity contribution in [1.29, 1.82) is 0 Å². The fraction of sp³-hybridized carbons (Fsp3) is 0.500. The summed E-state index contributed by atoms with van der Waals surface area (Å²) in [5.41, 5.74) is 2.83. The van der Waals surface area contributed by atoms with Crippen LogP contribution in [-0.2, 0) is 13.1 Å². The summed E-state index contributed by atoms with van der Waals surface area (Å²) in [6, 6.07) is 6.47. The normalized spacial score (nSPS) is 20.3. The molecular formula is C12H15NO. The fourth-order valence-electron chi connectivity index (χ4n) is 2.03. The fourth-order valence-corrected chi connectivity index (χ4v) is 2.03. The highest BCUT2D eigenvalue weighted by molar-refractivity contribution is 5.37. The van der Waals surface area contributed by atoms with Crippen LogP contribution < -0.4 is 10.1 Å². The topological polar surface area (TPSA) is 21.3 Å². The molecule has 1 aliphatic carbocycles. The van der Waals surface area contributed by atoms with Gasteiger partial charge in [0.1, 0.15) is 5.75 Å². The first-order valence-electron chi connectivity index (χ1n) is 5.41.